The molecule has 0 spiro atoms. The Morgan fingerprint density at radius 1 is 1.33 bits per heavy atom. The Bertz CT molecular complexity index is 568. The Hall–Kier alpha value is -2.22. The van der Waals surface area contributed by atoms with E-state index in [0.717, 1.165) is 32.1 Å². The number of ether oxygens (including phenoxy) is 1. The molecule has 1 aliphatic carbocycles. The number of hydrogen-bond acceptors (Lipinski definition) is 7. The molecule has 0 bridgehead atoms. The summed E-state index contributed by atoms with van der Waals surface area (Å²) >= 11 is 0. The van der Waals surface area contributed by atoms with Gasteiger partial charge in [-0.05, 0) is 31.2 Å². The molecule has 21 heavy (non-hydrogen) atoms. The van der Waals surface area contributed by atoms with E-state index >= 15 is 0 Å². The zero-order valence-corrected chi connectivity index (χ0v) is 11.8. The third-order valence-electron chi connectivity index (χ3n) is 3.15. The van der Waals surface area contributed by atoms with Gasteiger partial charge in [-0.1, -0.05) is 0 Å². The quantitative estimate of drug-likeness (QED) is 0.695. The van der Waals surface area contributed by atoms with Crippen molar-refractivity contribution in [2.24, 2.45) is 5.92 Å². The summed E-state index contributed by atoms with van der Waals surface area (Å²) in [5.74, 6) is 1.83. The summed E-state index contributed by atoms with van der Waals surface area (Å²) in [4.78, 5) is 12.4. The summed E-state index contributed by atoms with van der Waals surface area (Å²) in [6.07, 6.45) is 6.95. The number of nitrogens with one attached hydrogen (secondary N) is 1. The summed E-state index contributed by atoms with van der Waals surface area (Å²) in [6.45, 7) is 2.37. The molecule has 0 aromatic carbocycles. The summed E-state index contributed by atoms with van der Waals surface area (Å²) in [5, 5.41) is 7.20. The van der Waals surface area contributed by atoms with Crippen molar-refractivity contribution in [1.29, 1.82) is 0 Å². The second kappa shape index (κ2) is 6.49. The maximum atomic E-state index is 5.69. The molecule has 1 saturated carbocycles. The highest BCUT2D eigenvalue weighted by Gasteiger charge is 2.20. The third kappa shape index (κ3) is 4.12. The third-order valence-corrected chi connectivity index (χ3v) is 3.15. The fourth-order valence-electron chi connectivity index (χ4n) is 1.86. The predicted molar refractivity (Wildman–Crippen MR) is 78.0 cm³/mol. The number of nitrogens with zero attached hydrogens (tertiary/aromatic N) is 5. The van der Waals surface area contributed by atoms with Gasteiger partial charge in [0.1, 0.15) is 0 Å². The summed E-state index contributed by atoms with van der Waals surface area (Å²) in [5.41, 5.74) is 5.69. The van der Waals surface area contributed by atoms with E-state index in [-0.39, 0.29) is 5.95 Å². The largest absolute Gasteiger partial charge is 0.381 e. The van der Waals surface area contributed by atoms with Gasteiger partial charge in [-0.3, -0.25) is 0 Å². The Labute approximate surface area is 122 Å². The van der Waals surface area contributed by atoms with Crippen LogP contribution in [0.25, 0.3) is 5.95 Å². The molecule has 1 aliphatic rings. The van der Waals surface area contributed by atoms with E-state index in [1.165, 1.54) is 12.8 Å². The lowest BCUT2D eigenvalue weighted by Crippen LogP contribution is -2.13. The molecule has 0 unspecified atom stereocenters. The molecule has 0 amide bonds. The number of nitrogen functional groups attached to an aromatic ring is 1. The van der Waals surface area contributed by atoms with Gasteiger partial charge in [-0.2, -0.15) is 20.1 Å². The van der Waals surface area contributed by atoms with Crippen molar-refractivity contribution in [2.45, 2.75) is 19.3 Å². The molecule has 1 fully saturated rings. The Kier molecular flexibility index (Phi) is 4.25. The fraction of sp³-hybridized carbons (Fsp3) is 0.538. The first-order valence-electron chi connectivity index (χ1n) is 7.14. The molecule has 8 nitrogen and oxygen atoms in total. The smallest absolute Gasteiger partial charge is 0.257 e. The van der Waals surface area contributed by atoms with Gasteiger partial charge >= 0.3 is 0 Å². The summed E-state index contributed by atoms with van der Waals surface area (Å²) < 4.78 is 7.11. The molecule has 0 radical (unpaired) electrons. The highest BCUT2D eigenvalue weighted by molar-refractivity contribution is 5.34. The zero-order chi connectivity index (χ0) is 14.5. The first kappa shape index (κ1) is 13.7. The lowest BCUT2D eigenvalue weighted by Gasteiger charge is -2.07. The molecule has 0 atom stereocenters. The van der Waals surface area contributed by atoms with Crippen LogP contribution in [0.1, 0.15) is 19.3 Å². The average molecular weight is 289 g/mol. The van der Waals surface area contributed by atoms with E-state index in [9.17, 15) is 0 Å². The highest BCUT2D eigenvalue weighted by Crippen LogP contribution is 2.28. The van der Waals surface area contributed by atoms with E-state index in [4.69, 9.17) is 10.5 Å². The normalized spacial score (nSPS) is 14.3. The Morgan fingerprint density at radius 3 is 3.00 bits per heavy atom. The van der Waals surface area contributed by atoms with E-state index in [0.29, 0.717) is 11.9 Å². The molecule has 2 aromatic heterocycles. The minimum atomic E-state index is 0.169. The fourth-order valence-corrected chi connectivity index (χ4v) is 1.86. The van der Waals surface area contributed by atoms with Crippen molar-refractivity contribution in [1.82, 2.24) is 24.7 Å². The summed E-state index contributed by atoms with van der Waals surface area (Å²) in [6, 6.07) is 1.80. The van der Waals surface area contributed by atoms with Crippen molar-refractivity contribution < 1.29 is 4.74 Å². The molecule has 8 heteroatoms. The van der Waals surface area contributed by atoms with Crippen molar-refractivity contribution in [3.05, 3.63) is 18.5 Å². The zero-order valence-electron chi connectivity index (χ0n) is 11.8. The maximum absolute atomic E-state index is 5.69. The molecular weight excluding hydrogens is 270 g/mol. The number of hydrogen-bond donors (Lipinski definition) is 2. The second-order valence-corrected chi connectivity index (χ2v) is 5.07. The lowest BCUT2D eigenvalue weighted by atomic mass is 10.4. The second-order valence-electron chi connectivity index (χ2n) is 5.07. The van der Waals surface area contributed by atoms with Crippen LogP contribution in [0.4, 0.5) is 11.9 Å². The van der Waals surface area contributed by atoms with Gasteiger partial charge in [0.05, 0.1) is 0 Å². The number of aromatic nitrogens is 5. The van der Waals surface area contributed by atoms with Gasteiger partial charge in [0.15, 0.2) is 0 Å². The van der Waals surface area contributed by atoms with Gasteiger partial charge in [0, 0.05) is 32.2 Å². The molecule has 0 aliphatic heterocycles. The molecule has 2 heterocycles. The Balaban J connectivity index is 1.48. The van der Waals surface area contributed by atoms with Crippen LogP contribution >= 0.6 is 0 Å². The lowest BCUT2D eigenvalue weighted by molar-refractivity contribution is 0.124. The first-order chi connectivity index (χ1) is 10.3. The van der Waals surface area contributed by atoms with Crippen molar-refractivity contribution in [2.75, 3.05) is 30.8 Å². The van der Waals surface area contributed by atoms with E-state index in [2.05, 4.69) is 25.4 Å². The molecule has 112 valence electrons. The molecule has 2 aromatic rings. The van der Waals surface area contributed by atoms with Crippen LogP contribution in [0.5, 0.6) is 0 Å². The van der Waals surface area contributed by atoms with Gasteiger partial charge in [-0.15, -0.1) is 0 Å². The highest BCUT2D eigenvalue weighted by atomic mass is 16.5. The summed E-state index contributed by atoms with van der Waals surface area (Å²) in [7, 11) is 0. The molecular formula is C13H19N7O. The standard InChI is InChI=1S/C13H19N7O/c14-11-17-12(15-5-2-8-21-9-10-3-4-10)19-13(18-11)20-7-1-6-16-20/h1,6-7,10H,2-5,8-9H2,(H3,14,15,17,18,19). The van der Waals surface area contributed by atoms with Crippen LogP contribution < -0.4 is 11.1 Å². The van der Waals surface area contributed by atoms with Crippen molar-refractivity contribution in [3.8, 4) is 5.95 Å². The van der Waals surface area contributed by atoms with Crippen LogP contribution in [0, 0.1) is 5.92 Å². The van der Waals surface area contributed by atoms with Crippen LogP contribution in [0.2, 0.25) is 0 Å². The topological polar surface area (TPSA) is 104 Å². The van der Waals surface area contributed by atoms with Crippen molar-refractivity contribution >= 4 is 11.9 Å². The van der Waals surface area contributed by atoms with Gasteiger partial charge in [-0.25, -0.2) is 4.68 Å². The predicted octanol–water partition coefficient (Wildman–Crippen LogP) is 0.868. The van der Waals surface area contributed by atoms with Crippen LogP contribution in [0.3, 0.4) is 0 Å². The monoisotopic (exact) mass is 289 g/mol. The minimum absolute atomic E-state index is 0.169. The minimum Gasteiger partial charge on any atom is -0.381 e. The van der Waals surface area contributed by atoms with Crippen LogP contribution in [0.15, 0.2) is 18.5 Å². The molecule has 3 N–H and O–H groups in total. The number of nitrogens with two attached hydrogens (primary N) is 1. The average Bonchev–Trinajstić information content (AvgIpc) is 3.13. The SMILES string of the molecule is Nc1nc(NCCCOCC2CC2)nc(-n2cccn2)n1. The number of rotatable bonds is 8. The van der Waals surface area contributed by atoms with E-state index in [1.54, 1.807) is 23.1 Å². The Morgan fingerprint density at radius 2 is 2.24 bits per heavy atom. The maximum Gasteiger partial charge on any atom is 0.257 e. The number of anilines is 2. The molecule has 0 saturated heterocycles. The van der Waals surface area contributed by atoms with Gasteiger partial charge < -0.3 is 15.8 Å². The van der Waals surface area contributed by atoms with Crippen LogP contribution in [-0.2, 0) is 4.74 Å². The van der Waals surface area contributed by atoms with E-state index < -0.39 is 0 Å². The van der Waals surface area contributed by atoms with Crippen molar-refractivity contribution in [3.63, 3.8) is 0 Å². The van der Waals surface area contributed by atoms with Gasteiger partial charge in [0.25, 0.3) is 5.95 Å². The molecule has 3 rings (SSSR count). The van der Waals surface area contributed by atoms with Gasteiger partial charge in [0.2, 0.25) is 11.9 Å². The van der Waals surface area contributed by atoms with Crippen LogP contribution in [-0.4, -0.2) is 44.5 Å². The first-order valence-corrected chi connectivity index (χ1v) is 7.14. The van der Waals surface area contributed by atoms with E-state index in [1.807, 2.05) is 0 Å².